The summed E-state index contributed by atoms with van der Waals surface area (Å²) in [7, 11) is 0. The number of guanidine groups is 1. The third kappa shape index (κ3) is 8.96. The average Bonchev–Trinajstić information content (AvgIpc) is 2.72. The number of carbonyl (C=O) groups excluding carboxylic acids is 1. The number of aliphatic imine (C=N–C) groups is 1. The minimum atomic E-state index is -0.0409. The van der Waals surface area contributed by atoms with Gasteiger partial charge in [-0.05, 0) is 39.2 Å². The van der Waals surface area contributed by atoms with Crippen LogP contribution in [0, 0.1) is 11.8 Å². The molecule has 8 heteroatoms. The second-order valence-electron chi connectivity index (χ2n) is 8.05. The van der Waals surface area contributed by atoms with Gasteiger partial charge in [0.25, 0.3) is 0 Å². The molecule has 1 atom stereocenters. The molecule has 1 unspecified atom stereocenters. The lowest BCUT2D eigenvalue weighted by molar-refractivity contribution is -0.149. The van der Waals surface area contributed by atoms with Crippen LogP contribution in [0.3, 0.4) is 0 Å². The van der Waals surface area contributed by atoms with Crippen molar-refractivity contribution in [2.75, 3.05) is 72.1 Å². The zero-order valence-corrected chi connectivity index (χ0v) is 21.2. The van der Waals surface area contributed by atoms with E-state index in [2.05, 4.69) is 40.8 Å². The summed E-state index contributed by atoms with van der Waals surface area (Å²) in [6, 6.07) is 0. The average molecular weight is 524 g/mol. The quantitative estimate of drug-likeness (QED) is 0.228. The zero-order valence-electron chi connectivity index (χ0n) is 18.9. The standard InChI is InChI=1S/C21H41N5O2.HI/c1-5-22-21(26-10-8-19(9-11-26)20(27)28-7-3)23-16-18(4)17-25-14-12-24(6-2)13-15-25;/h18-19H,5-17H2,1-4H3,(H,22,23);1H. The van der Waals surface area contributed by atoms with E-state index in [1.54, 1.807) is 0 Å². The van der Waals surface area contributed by atoms with Gasteiger partial charge in [0.05, 0.1) is 12.5 Å². The number of ether oxygens (including phenoxy) is 1. The van der Waals surface area contributed by atoms with Crippen molar-refractivity contribution in [3.8, 4) is 0 Å². The van der Waals surface area contributed by atoms with Crippen LogP contribution in [0.15, 0.2) is 4.99 Å². The van der Waals surface area contributed by atoms with Crippen molar-refractivity contribution < 1.29 is 9.53 Å². The highest BCUT2D eigenvalue weighted by Crippen LogP contribution is 2.19. The predicted octanol–water partition coefficient (Wildman–Crippen LogP) is 2.12. The number of hydrogen-bond acceptors (Lipinski definition) is 5. The fourth-order valence-electron chi connectivity index (χ4n) is 4.04. The van der Waals surface area contributed by atoms with Crippen molar-refractivity contribution in [1.82, 2.24) is 20.0 Å². The number of halogens is 1. The van der Waals surface area contributed by atoms with Gasteiger partial charge in [-0.2, -0.15) is 0 Å². The number of carbonyl (C=O) groups is 1. The second kappa shape index (κ2) is 14.4. The van der Waals surface area contributed by atoms with Gasteiger partial charge in [0.15, 0.2) is 5.96 Å². The summed E-state index contributed by atoms with van der Waals surface area (Å²) in [6.07, 6.45) is 1.70. The Morgan fingerprint density at radius 1 is 1.07 bits per heavy atom. The molecular formula is C21H42IN5O2. The van der Waals surface area contributed by atoms with Crippen molar-refractivity contribution in [2.45, 2.75) is 40.5 Å². The van der Waals surface area contributed by atoms with Crippen molar-refractivity contribution in [1.29, 1.82) is 0 Å². The Morgan fingerprint density at radius 3 is 2.24 bits per heavy atom. The summed E-state index contributed by atoms with van der Waals surface area (Å²) in [5.41, 5.74) is 0. The van der Waals surface area contributed by atoms with E-state index < -0.39 is 0 Å². The fraction of sp³-hybridized carbons (Fsp3) is 0.905. The van der Waals surface area contributed by atoms with Gasteiger partial charge in [0, 0.05) is 58.9 Å². The Morgan fingerprint density at radius 2 is 1.69 bits per heavy atom. The van der Waals surface area contributed by atoms with Crippen molar-refractivity contribution in [3.63, 3.8) is 0 Å². The van der Waals surface area contributed by atoms with Gasteiger partial charge < -0.3 is 24.8 Å². The molecule has 2 aliphatic heterocycles. The third-order valence-corrected chi connectivity index (χ3v) is 5.78. The van der Waals surface area contributed by atoms with Crippen molar-refractivity contribution >= 4 is 35.9 Å². The number of rotatable bonds is 8. The topological polar surface area (TPSA) is 60.4 Å². The Kier molecular flexibility index (Phi) is 13.1. The molecule has 0 saturated carbocycles. The molecule has 2 fully saturated rings. The van der Waals surface area contributed by atoms with Crippen LogP contribution in [-0.2, 0) is 9.53 Å². The fourth-order valence-corrected chi connectivity index (χ4v) is 4.04. The number of nitrogens with zero attached hydrogens (tertiary/aromatic N) is 4. The molecule has 0 aromatic heterocycles. The van der Waals surface area contributed by atoms with E-state index in [0.717, 1.165) is 58.1 Å². The first-order valence-electron chi connectivity index (χ1n) is 11.2. The first-order valence-corrected chi connectivity index (χ1v) is 11.2. The van der Waals surface area contributed by atoms with E-state index in [0.29, 0.717) is 12.5 Å². The van der Waals surface area contributed by atoms with Crippen LogP contribution in [0.4, 0.5) is 0 Å². The lowest BCUT2D eigenvalue weighted by Gasteiger charge is -2.35. The maximum atomic E-state index is 11.9. The lowest BCUT2D eigenvalue weighted by Crippen LogP contribution is -2.48. The van der Waals surface area contributed by atoms with Gasteiger partial charge in [-0.25, -0.2) is 0 Å². The number of likely N-dealkylation sites (tertiary alicyclic amines) is 1. The number of hydrogen-bond donors (Lipinski definition) is 1. The zero-order chi connectivity index (χ0) is 20.4. The van der Waals surface area contributed by atoms with Gasteiger partial charge in [0.1, 0.15) is 0 Å². The Bertz CT molecular complexity index is 489. The number of esters is 1. The van der Waals surface area contributed by atoms with Crippen LogP contribution < -0.4 is 5.32 Å². The van der Waals surface area contributed by atoms with E-state index in [1.807, 2.05) is 6.92 Å². The van der Waals surface area contributed by atoms with Gasteiger partial charge >= 0.3 is 5.97 Å². The van der Waals surface area contributed by atoms with Crippen molar-refractivity contribution in [2.24, 2.45) is 16.8 Å². The summed E-state index contributed by atoms with van der Waals surface area (Å²) in [5, 5.41) is 3.43. The van der Waals surface area contributed by atoms with Crippen LogP contribution >= 0.6 is 24.0 Å². The van der Waals surface area contributed by atoms with Gasteiger partial charge in [0.2, 0.25) is 0 Å². The molecule has 0 aliphatic carbocycles. The number of piperidine rings is 1. The minimum absolute atomic E-state index is 0. The Hall–Kier alpha value is -0.610. The van der Waals surface area contributed by atoms with Crippen LogP contribution in [0.2, 0.25) is 0 Å². The SMILES string of the molecule is CCNC(=NCC(C)CN1CCN(CC)CC1)N1CCC(C(=O)OCC)CC1.I. The molecule has 0 amide bonds. The smallest absolute Gasteiger partial charge is 0.309 e. The third-order valence-electron chi connectivity index (χ3n) is 5.78. The molecule has 0 radical (unpaired) electrons. The lowest BCUT2D eigenvalue weighted by atomic mass is 9.97. The van der Waals surface area contributed by atoms with Crippen LogP contribution in [0.5, 0.6) is 0 Å². The predicted molar refractivity (Wildman–Crippen MR) is 130 cm³/mol. The summed E-state index contributed by atoms with van der Waals surface area (Å²) in [4.78, 5) is 24.3. The van der Waals surface area contributed by atoms with Crippen LogP contribution in [0.25, 0.3) is 0 Å². The monoisotopic (exact) mass is 523 g/mol. The molecule has 2 rings (SSSR count). The molecule has 2 heterocycles. The highest BCUT2D eigenvalue weighted by molar-refractivity contribution is 14.0. The number of nitrogens with one attached hydrogen (secondary N) is 1. The minimum Gasteiger partial charge on any atom is -0.466 e. The van der Waals surface area contributed by atoms with Crippen LogP contribution in [0.1, 0.15) is 40.5 Å². The summed E-state index contributed by atoms with van der Waals surface area (Å²) < 4.78 is 5.18. The molecule has 7 nitrogen and oxygen atoms in total. The molecule has 0 spiro atoms. The van der Waals surface area contributed by atoms with E-state index >= 15 is 0 Å². The molecule has 29 heavy (non-hydrogen) atoms. The van der Waals surface area contributed by atoms with Gasteiger partial charge in [-0.3, -0.25) is 9.79 Å². The highest BCUT2D eigenvalue weighted by atomic mass is 127. The molecule has 170 valence electrons. The molecule has 0 bridgehead atoms. The molecule has 2 saturated heterocycles. The van der Waals surface area contributed by atoms with E-state index in [9.17, 15) is 4.79 Å². The first kappa shape index (κ1) is 26.4. The number of piperazine rings is 1. The summed E-state index contributed by atoms with van der Waals surface area (Å²) in [6.45, 7) is 19.4. The van der Waals surface area contributed by atoms with E-state index in [4.69, 9.17) is 9.73 Å². The Balaban J connectivity index is 0.00000420. The van der Waals surface area contributed by atoms with E-state index in [1.165, 1.54) is 26.2 Å². The highest BCUT2D eigenvalue weighted by Gasteiger charge is 2.27. The molecule has 0 aromatic rings. The molecule has 1 N–H and O–H groups in total. The normalized spacial score (nSPS) is 20.8. The van der Waals surface area contributed by atoms with Gasteiger partial charge in [-0.1, -0.05) is 13.8 Å². The van der Waals surface area contributed by atoms with Crippen LogP contribution in [-0.4, -0.2) is 98.7 Å². The number of likely N-dealkylation sites (N-methyl/N-ethyl adjacent to an activating group) is 1. The molecular weight excluding hydrogens is 481 g/mol. The first-order chi connectivity index (χ1) is 13.6. The molecule has 2 aliphatic rings. The molecule has 0 aromatic carbocycles. The van der Waals surface area contributed by atoms with E-state index in [-0.39, 0.29) is 35.9 Å². The maximum absolute atomic E-state index is 11.9. The summed E-state index contributed by atoms with van der Waals surface area (Å²) in [5.74, 6) is 1.53. The largest absolute Gasteiger partial charge is 0.466 e. The Labute approximate surface area is 194 Å². The summed E-state index contributed by atoms with van der Waals surface area (Å²) >= 11 is 0. The second-order valence-corrected chi connectivity index (χ2v) is 8.05. The van der Waals surface area contributed by atoms with Gasteiger partial charge in [-0.15, -0.1) is 24.0 Å². The maximum Gasteiger partial charge on any atom is 0.309 e. The van der Waals surface area contributed by atoms with Crippen molar-refractivity contribution in [3.05, 3.63) is 0 Å².